The molecule has 1 saturated heterocycles. The maximum atomic E-state index is 13.8. The summed E-state index contributed by atoms with van der Waals surface area (Å²) in [6.07, 6.45) is 0.843. The molecule has 2 aliphatic heterocycles. The third-order valence-electron chi connectivity index (χ3n) is 6.10. The Morgan fingerprint density at radius 3 is 2.22 bits per heavy atom. The standard InChI is InChI=1S/C26H31N3O3/c1-4-18-32-22-9-7-6-8-21(22)29-25(30)23(20-12-10-19(3)11-13-20)24(26(29)31)28-16-14-27(5-2)15-17-28/h6-13H,4-5,14-18H2,1-3H3. The third kappa shape index (κ3) is 4.15. The van der Waals surface area contributed by atoms with Crippen molar-refractivity contribution >= 4 is 23.1 Å². The molecule has 32 heavy (non-hydrogen) atoms. The van der Waals surface area contributed by atoms with E-state index in [2.05, 4.69) is 16.7 Å². The zero-order valence-electron chi connectivity index (χ0n) is 19.1. The number of imide groups is 1. The maximum absolute atomic E-state index is 13.8. The van der Waals surface area contributed by atoms with Gasteiger partial charge in [0.2, 0.25) is 0 Å². The van der Waals surface area contributed by atoms with Crippen LogP contribution >= 0.6 is 0 Å². The van der Waals surface area contributed by atoms with Crippen LogP contribution in [0, 0.1) is 6.92 Å². The van der Waals surface area contributed by atoms with Gasteiger partial charge < -0.3 is 14.5 Å². The van der Waals surface area contributed by atoms with Crippen LogP contribution in [0.15, 0.2) is 54.2 Å². The number of anilines is 1. The van der Waals surface area contributed by atoms with Crippen LogP contribution in [0.4, 0.5) is 5.69 Å². The Labute approximate surface area is 190 Å². The molecule has 0 radical (unpaired) electrons. The molecule has 0 bridgehead atoms. The van der Waals surface area contributed by atoms with Gasteiger partial charge in [-0.2, -0.15) is 0 Å². The number of piperazine rings is 1. The molecule has 2 amide bonds. The number of para-hydroxylation sites is 2. The number of nitrogens with zero attached hydrogens (tertiary/aromatic N) is 3. The molecule has 168 valence electrons. The quantitative estimate of drug-likeness (QED) is 0.623. The highest BCUT2D eigenvalue weighted by Gasteiger charge is 2.43. The minimum Gasteiger partial charge on any atom is -0.491 e. The topological polar surface area (TPSA) is 53.1 Å². The molecule has 6 nitrogen and oxygen atoms in total. The number of aryl methyl sites for hydroxylation is 1. The van der Waals surface area contributed by atoms with E-state index < -0.39 is 0 Å². The van der Waals surface area contributed by atoms with Gasteiger partial charge in [0.1, 0.15) is 11.4 Å². The van der Waals surface area contributed by atoms with Crippen LogP contribution in [0.3, 0.4) is 0 Å². The Hall–Kier alpha value is -3.12. The van der Waals surface area contributed by atoms with Gasteiger partial charge in [-0.1, -0.05) is 55.8 Å². The number of benzene rings is 2. The number of ether oxygens (including phenoxy) is 1. The lowest BCUT2D eigenvalue weighted by Crippen LogP contribution is -2.47. The number of rotatable bonds is 7. The molecular formula is C26H31N3O3. The molecule has 2 aliphatic rings. The third-order valence-corrected chi connectivity index (χ3v) is 6.10. The van der Waals surface area contributed by atoms with Gasteiger partial charge in [0, 0.05) is 26.2 Å². The van der Waals surface area contributed by atoms with Crippen molar-refractivity contribution in [2.24, 2.45) is 0 Å². The van der Waals surface area contributed by atoms with Crippen LogP contribution in [0.5, 0.6) is 5.75 Å². The molecule has 2 aromatic carbocycles. The van der Waals surface area contributed by atoms with Crippen molar-refractivity contribution < 1.29 is 14.3 Å². The fourth-order valence-corrected chi connectivity index (χ4v) is 4.27. The van der Waals surface area contributed by atoms with E-state index >= 15 is 0 Å². The molecule has 6 heteroatoms. The van der Waals surface area contributed by atoms with Crippen LogP contribution in [0.25, 0.3) is 5.57 Å². The SMILES string of the molecule is CCCOc1ccccc1N1C(=O)C(c2ccc(C)cc2)=C(N2CCN(CC)CC2)C1=O. The minimum atomic E-state index is -0.292. The Balaban J connectivity index is 1.76. The molecule has 2 aromatic rings. The Morgan fingerprint density at radius 1 is 0.875 bits per heavy atom. The minimum absolute atomic E-state index is 0.275. The smallest absolute Gasteiger partial charge is 0.282 e. The predicted octanol–water partition coefficient (Wildman–Crippen LogP) is 3.71. The second-order valence-corrected chi connectivity index (χ2v) is 8.27. The Kier molecular flexibility index (Phi) is 6.61. The van der Waals surface area contributed by atoms with E-state index in [0.717, 1.165) is 50.3 Å². The van der Waals surface area contributed by atoms with Crippen LogP contribution in [0.1, 0.15) is 31.4 Å². The lowest BCUT2D eigenvalue weighted by atomic mass is 10.0. The van der Waals surface area contributed by atoms with Gasteiger partial charge in [0.25, 0.3) is 11.8 Å². The monoisotopic (exact) mass is 433 g/mol. The first-order valence-corrected chi connectivity index (χ1v) is 11.4. The van der Waals surface area contributed by atoms with E-state index in [1.54, 1.807) is 6.07 Å². The van der Waals surface area contributed by atoms with Gasteiger partial charge in [0.05, 0.1) is 17.9 Å². The molecule has 2 heterocycles. The van der Waals surface area contributed by atoms with Crippen molar-refractivity contribution in [3.63, 3.8) is 0 Å². The van der Waals surface area contributed by atoms with Crippen LogP contribution in [-0.4, -0.2) is 60.9 Å². The molecule has 1 fully saturated rings. The molecule has 0 spiro atoms. The lowest BCUT2D eigenvalue weighted by Gasteiger charge is -2.36. The van der Waals surface area contributed by atoms with Gasteiger partial charge in [-0.25, -0.2) is 4.90 Å². The molecular weight excluding hydrogens is 402 g/mol. The normalized spacial score (nSPS) is 17.5. The average molecular weight is 434 g/mol. The molecule has 0 N–H and O–H groups in total. The molecule has 0 unspecified atom stereocenters. The van der Waals surface area contributed by atoms with E-state index in [4.69, 9.17) is 4.74 Å². The van der Waals surface area contributed by atoms with Crippen LogP contribution < -0.4 is 9.64 Å². The Bertz CT molecular complexity index is 1020. The van der Waals surface area contributed by atoms with E-state index in [9.17, 15) is 9.59 Å². The summed E-state index contributed by atoms with van der Waals surface area (Å²) in [5.74, 6) is -0.0150. The number of amides is 2. The first kappa shape index (κ1) is 22.1. The fourth-order valence-electron chi connectivity index (χ4n) is 4.27. The predicted molar refractivity (Wildman–Crippen MR) is 127 cm³/mol. The van der Waals surface area contributed by atoms with Crippen molar-refractivity contribution in [3.05, 3.63) is 65.4 Å². The summed E-state index contributed by atoms with van der Waals surface area (Å²) < 4.78 is 5.88. The van der Waals surface area contributed by atoms with Crippen molar-refractivity contribution in [2.75, 3.05) is 44.2 Å². The summed E-state index contributed by atoms with van der Waals surface area (Å²) in [5, 5.41) is 0. The molecule has 4 rings (SSSR count). The highest BCUT2D eigenvalue weighted by Crippen LogP contribution is 2.39. The van der Waals surface area contributed by atoms with Crippen molar-refractivity contribution in [1.29, 1.82) is 0 Å². The number of likely N-dealkylation sites (N-methyl/N-ethyl adjacent to an activating group) is 1. The van der Waals surface area contributed by atoms with E-state index in [-0.39, 0.29) is 11.8 Å². The summed E-state index contributed by atoms with van der Waals surface area (Å²) >= 11 is 0. The van der Waals surface area contributed by atoms with Crippen molar-refractivity contribution in [3.8, 4) is 5.75 Å². The van der Waals surface area contributed by atoms with E-state index in [1.807, 2.05) is 56.3 Å². The summed E-state index contributed by atoms with van der Waals surface area (Å²) in [6, 6.07) is 15.1. The zero-order chi connectivity index (χ0) is 22.7. The fraction of sp³-hybridized carbons (Fsp3) is 0.385. The zero-order valence-corrected chi connectivity index (χ0v) is 19.1. The molecule has 0 atom stereocenters. The number of carbonyl (C=O) groups is 2. The van der Waals surface area contributed by atoms with Gasteiger partial charge in [-0.15, -0.1) is 0 Å². The van der Waals surface area contributed by atoms with Crippen molar-refractivity contribution in [1.82, 2.24) is 9.80 Å². The second-order valence-electron chi connectivity index (χ2n) is 8.27. The largest absolute Gasteiger partial charge is 0.491 e. The number of carbonyl (C=O) groups excluding carboxylic acids is 2. The Morgan fingerprint density at radius 2 is 1.56 bits per heavy atom. The molecule has 0 aromatic heterocycles. The number of hydrogen-bond acceptors (Lipinski definition) is 5. The summed E-state index contributed by atoms with van der Waals surface area (Å²) in [6.45, 7) is 10.9. The van der Waals surface area contributed by atoms with Gasteiger partial charge in [-0.05, 0) is 37.6 Å². The first-order chi connectivity index (χ1) is 15.5. The van der Waals surface area contributed by atoms with Gasteiger partial charge >= 0.3 is 0 Å². The highest BCUT2D eigenvalue weighted by atomic mass is 16.5. The van der Waals surface area contributed by atoms with Crippen LogP contribution in [-0.2, 0) is 9.59 Å². The van der Waals surface area contributed by atoms with Gasteiger partial charge in [-0.3, -0.25) is 9.59 Å². The molecule has 0 aliphatic carbocycles. The van der Waals surface area contributed by atoms with E-state index in [1.165, 1.54) is 4.90 Å². The summed E-state index contributed by atoms with van der Waals surface area (Å²) in [4.78, 5) is 33.3. The maximum Gasteiger partial charge on any atom is 0.282 e. The first-order valence-electron chi connectivity index (χ1n) is 11.4. The summed E-state index contributed by atoms with van der Waals surface area (Å²) in [5.41, 5.74) is 3.36. The van der Waals surface area contributed by atoms with E-state index in [0.29, 0.717) is 29.3 Å². The second kappa shape index (κ2) is 9.57. The lowest BCUT2D eigenvalue weighted by molar-refractivity contribution is -0.120. The number of hydrogen-bond donors (Lipinski definition) is 0. The average Bonchev–Trinajstić information content (AvgIpc) is 3.08. The van der Waals surface area contributed by atoms with Gasteiger partial charge in [0.15, 0.2) is 0 Å². The van der Waals surface area contributed by atoms with Crippen LogP contribution in [0.2, 0.25) is 0 Å². The summed E-state index contributed by atoms with van der Waals surface area (Å²) in [7, 11) is 0. The molecule has 0 saturated carbocycles. The van der Waals surface area contributed by atoms with Crippen molar-refractivity contribution in [2.45, 2.75) is 27.2 Å². The highest BCUT2D eigenvalue weighted by molar-refractivity contribution is 6.45.